The van der Waals surface area contributed by atoms with Crippen LogP contribution in [0.5, 0.6) is 0 Å². The van der Waals surface area contributed by atoms with Crippen LogP contribution < -0.4 is 96.4 Å². The average Bonchev–Trinajstić information content (AvgIpc) is 1.50. The number of nitrogens with two attached hydrogens (primary N) is 3. The highest BCUT2D eigenvalue weighted by atomic mass is 35.5. The molecule has 0 spiro atoms. The molecule has 9 aliphatic rings. The second-order valence-corrected chi connectivity index (χ2v) is 37.5. The van der Waals surface area contributed by atoms with E-state index in [2.05, 4.69) is 141 Å². The van der Waals surface area contributed by atoms with Gasteiger partial charge < -0.3 is 143 Å². The molecule has 9 fully saturated rings. The molecule has 34 heteroatoms. The SMILES string of the molecule is CC1(C)CC(C#N)(NCCNCCN)CC(C)(C)[NH+]1O.CC1(C)CC(OCC(O)CNCCNCCN)CC(C)(C)[NH+]1O.CN1C(C)(C)CC(OCC(O)CNCCNCCN)CC1(C)C.C[N+](C)(C)CC1CO1.C[N+](C)(C)CC1CO1.C[N+](C)(C)CC1CO1.ClCC1CO1.ClCC1CO1.ClCC1CO1.[Cl-].[Cl-].[Cl-]. The monoisotopic (exact) mass is 1680 g/mol. The Morgan fingerprint density at radius 3 is 0.944 bits per heavy atom. The third kappa shape index (κ3) is 56.5. The Morgan fingerprint density at radius 2 is 0.713 bits per heavy atom. The van der Waals surface area contributed by atoms with Crippen LogP contribution in [0.25, 0.3) is 0 Å². The first kappa shape index (κ1) is 112. The van der Waals surface area contributed by atoms with Gasteiger partial charge in [-0.05, 0) is 103 Å². The Kier molecular flexibility index (Phi) is 57.2. The summed E-state index contributed by atoms with van der Waals surface area (Å²) in [6.45, 7) is 45.2. The number of alkyl halides is 3. The van der Waals surface area contributed by atoms with Crippen LogP contribution in [-0.2, 0) is 37.9 Å². The molecular formula is C74H162Cl6N16O12+2. The molecule has 0 aromatic carbocycles. The number of nitrogens with one attached hydrogen (secondary N) is 8. The molecule has 9 saturated heterocycles. The number of epoxide rings is 6. The number of rotatable bonds is 35. The summed E-state index contributed by atoms with van der Waals surface area (Å²) in [5.74, 6) is 2.00. The topological polar surface area (TPSA) is 361 Å². The lowest BCUT2D eigenvalue weighted by Crippen LogP contribution is -3.25. The van der Waals surface area contributed by atoms with Gasteiger partial charge in [0.25, 0.3) is 0 Å². The molecule has 9 heterocycles. The van der Waals surface area contributed by atoms with Crippen molar-refractivity contribution < 1.29 is 119 Å². The zero-order chi connectivity index (χ0) is 80.2. The fourth-order valence-electron chi connectivity index (χ4n) is 13.1. The lowest BCUT2D eigenvalue weighted by molar-refractivity contribution is -1.16. The molecule has 108 heavy (non-hydrogen) atoms. The van der Waals surface area contributed by atoms with Crippen molar-refractivity contribution in [2.45, 2.75) is 221 Å². The minimum atomic E-state index is -0.580. The number of halogens is 6. The van der Waals surface area contributed by atoms with E-state index in [1.54, 1.807) is 0 Å². The molecule has 0 aromatic rings. The number of aliphatic hydroxyl groups is 2. The maximum atomic E-state index is 10.4. The van der Waals surface area contributed by atoms with Gasteiger partial charge >= 0.3 is 0 Å². The van der Waals surface area contributed by atoms with Gasteiger partial charge in [-0.15, -0.1) is 34.8 Å². The fraction of sp³-hybridized carbons (Fsp3) is 0.986. The van der Waals surface area contributed by atoms with Crippen LogP contribution in [0.4, 0.5) is 0 Å². The maximum absolute atomic E-state index is 10.4. The van der Waals surface area contributed by atoms with Crippen molar-refractivity contribution in [3.63, 3.8) is 0 Å². The lowest BCUT2D eigenvalue weighted by Gasteiger charge is -2.53. The molecule has 18 N–H and O–H groups in total. The highest BCUT2D eigenvalue weighted by molar-refractivity contribution is 6.18. The highest BCUT2D eigenvalue weighted by Gasteiger charge is 2.57. The third-order valence-corrected chi connectivity index (χ3v) is 19.7. The normalized spacial score (nSPS) is 27.7. The predicted molar refractivity (Wildman–Crippen MR) is 424 cm³/mol. The van der Waals surface area contributed by atoms with E-state index in [-0.39, 0.29) is 82.7 Å². The van der Waals surface area contributed by atoms with Crippen molar-refractivity contribution in [3.8, 4) is 6.07 Å². The number of hydroxylamine groups is 4. The number of likely N-dealkylation sites (tertiary alicyclic amines) is 1. The number of hydrogen-bond acceptors (Lipinski definition) is 23. The first-order valence-electron chi connectivity index (χ1n) is 38.7. The minimum absolute atomic E-state index is 0. The largest absolute Gasteiger partial charge is 1.00 e. The van der Waals surface area contributed by atoms with E-state index in [1.165, 1.54) is 0 Å². The predicted octanol–water partition coefficient (Wildman–Crippen LogP) is -9.18. The Labute approximate surface area is 689 Å². The van der Waals surface area contributed by atoms with Gasteiger partial charge in [0.15, 0.2) is 0 Å². The minimum Gasteiger partial charge on any atom is -1.00 e. The van der Waals surface area contributed by atoms with E-state index in [9.17, 15) is 25.9 Å². The van der Waals surface area contributed by atoms with Gasteiger partial charge in [-0.25, -0.2) is 10.4 Å². The molecule has 9 aliphatic heterocycles. The number of piperidine rings is 3. The zero-order valence-corrected chi connectivity index (χ0v) is 75.6. The molecular weight excluding hydrogens is 1520 g/mol. The van der Waals surface area contributed by atoms with Crippen LogP contribution in [0.15, 0.2) is 0 Å². The van der Waals surface area contributed by atoms with Crippen molar-refractivity contribution >= 4 is 34.8 Å². The summed E-state index contributed by atoms with van der Waals surface area (Å²) in [4.78, 5) is 2.44. The van der Waals surface area contributed by atoms with Crippen LogP contribution in [-0.4, -0.2) is 391 Å². The number of quaternary nitrogens is 5. The smallest absolute Gasteiger partial charge is 0.130 e. The van der Waals surface area contributed by atoms with Crippen molar-refractivity contribution in [1.82, 2.24) is 36.8 Å². The molecule has 650 valence electrons. The lowest BCUT2D eigenvalue weighted by atomic mass is 9.71. The van der Waals surface area contributed by atoms with Crippen LogP contribution in [0.1, 0.15) is 122 Å². The van der Waals surface area contributed by atoms with E-state index in [0.717, 1.165) is 157 Å². The molecule has 0 bridgehead atoms. The second kappa shape index (κ2) is 55.0. The van der Waals surface area contributed by atoms with E-state index in [4.69, 9.17) is 89.9 Å². The van der Waals surface area contributed by atoms with Crippen LogP contribution in [0.3, 0.4) is 0 Å². The number of ether oxygens (including phenoxy) is 8. The standard InChI is InChI=1S/C17H38N4O2.C16H36N4O3.C14H29N5O.3C6H14NO.3C3H5ClO.3ClH/c1-16(2)10-15(11-17(3,4)21(16)5)23-13-14(22)12-20-9-8-19-7-6-18;1-15(2)9-14(10-16(3,4)20(15)22)23-12-13(21)11-19-8-7-18-6-5-17;1-12(2)9-14(11-16,10-13(3,4)19(12)20)18-8-7-17-6-5-15;3*1-7(2,3)4-6-5-8-6;3*4-1-3-2-5-3;;;/h14-15,19-20,22H,6-13,18H2,1-5H3;13-14,18-19,21-22H,5-12,17H2,1-4H3;17-18,20H,5-10,15H2,1-4H3;3*6H,4-5H2,1-3H3;3*3H,1-2H2;3*1H/q;;;3*+1;;;;;;/p-1. The highest BCUT2D eigenvalue weighted by Crippen LogP contribution is 2.38. The molecule has 0 radical (unpaired) electrons. The molecule has 0 saturated carbocycles. The van der Waals surface area contributed by atoms with Crippen LogP contribution in [0.2, 0.25) is 0 Å². The Balaban J connectivity index is -0.00000121. The molecule has 28 nitrogen and oxygen atoms in total. The average molecular weight is 1680 g/mol. The molecule has 8 atom stereocenters. The zero-order valence-electron chi connectivity index (χ0n) is 71.1. The summed E-state index contributed by atoms with van der Waals surface area (Å²) in [5, 5.41) is 70.9. The van der Waals surface area contributed by atoms with Gasteiger partial charge in [0.2, 0.25) is 0 Å². The summed E-state index contributed by atoms with van der Waals surface area (Å²) >= 11 is 15.8. The number of hydrogen-bond donors (Lipinski definition) is 15. The van der Waals surface area contributed by atoms with E-state index >= 15 is 0 Å². The second-order valence-electron chi connectivity index (χ2n) is 36.6. The number of nitrogens with zero attached hydrogens (tertiary/aromatic N) is 5. The van der Waals surface area contributed by atoms with Crippen molar-refractivity contribution in [1.29, 1.82) is 5.26 Å². The van der Waals surface area contributed by atoms with Crippen molar-refractivity contribution in [3.05, 3.63) is 0 Å². The van der Waals surface area contributed by atoms with E-state index in [0.29, 0.717) is 123 Å². The molecule has 0 aliphatic carbocycles. The Bertz CT molecular complexity index is 2080. The van der Waals surface area contributed by atoms with E-state index < -0.39 is 17.7 Å². The quantitative estimate of drug-likeness (QED) is 0.0121. The summed E-state index contributed by atoms with van der Waals surface area (Å²) in [6, 6.07) is 2.45. The van der Waals surface area contributed by atoms with Gasteiger partial charge in [0.05, 0.1) is 183 Å². The first-order valence-corrected chi connectivity index (χ1v) is 40.3. The van der Waals surface area contributed by atoms with E-state index in [1.807, 2.05) is 55.4 Å². The maximum Gasteiger partial charge on any atom is 0.130 e. The molecule has 8 unspecified atom stereocenters. The molecule has 0 amide bonds. The summed E-state index contributed by atoms with van der Waals surface area (Å²) in [7, 11) is 21.8. The first-order chi connectivity index (χ1) is 48.6. The van der Waals surface area contributed by atoms with Gasteiger partial charge in [0, 0.05) is 128 Å². The summed E-state index contributed by atoms with van der Waals surface area (Å²) in [6.07, 6.45) is 7.00. The van der Waals surface area contributed by atoms with Crippen molar-refractivity contribution in [2.24, 2.45) is 17.2 Å². The molecule has 0 aromatic heterocycles. The van der Waals surface area contributed by atoms with Crippen LogP contribution in [0, 0.1) is 11.3 Å². The summed E-state index contributed by atoms with van der Waals surface area (Å²) < 4.78 is 44.4. The van der Waals surface area contributed by atoms with Gasteiger partial charge in [0.1, 0.15) is 65.6 Å². The Morgan fingerprint density at radius 1 is 0.454 bits per heavy atom. The van der Waals surface area contributed by atoms with Gasteiger partial charge in [-0.3, -0.25) is 10.2 Å². The Hall–Kier alpha value is 0.150. The number of nitriles is 1. The van der Waals surface area contributed by atoms with Crippen molar-refractivity contribution in [2.75, 3.05) is 252 Å². The third-order valence-electron chi connectivity index (χ3n) is 18.7. The number of aliphatic hydroxyl groups excluding tert-OH is 2. The van der Waals surface area contributed by atoms with Gasteiger partial charge in [-0.2, -0.15) is 15.4 Å². The van der Waals surface area contributed by atoms with Gasteiger partial charge in [-0.1, -0.05) is 0 Å². The summed E-state index contributed by atoms with van der Waals surface area (Å²) in [5.41, 5.74) is 14.7. The fourth-order valence-corrected chi connectivity index (χ4v) is 13.7. The number of likely N-dealkylation sites (N-methyl/N-ethyl adjacent to an activating group) is 3. The molecule has 9 rings (SSSR count). The van der Waals surface area contributed by atoms with Crippen LogP contribution >= 0.6 is 34.8 Å².